The monoisotopic (exact) mass is 471 g/mol. The number of benzene rings is 2. The topological polar surface area (TPSA) is 70.2 Å². The summed E-state index contributed by atoms with van der Waals surface area (Å²) in [6, 6.07) is 10.8. The molecule has 2 aliphatic rings. The van der Waals surface area contributed by atoms with Crippen LogP contribution >= 0.6 is 0 Å². The standard InChI is InChI=1S/C25H33N3O4S/c1-19-8-7-9-23(20(19)2)26-14-16-28(17-15-26)33(30,31)21-10-11-24(32-3)22(18-21)25(29)27-12-5-4-6-13-27/h7-11,18H,4-6,12-17H2,1-3H3. The molecule has 0 unspecified atom stereocenters. The summed E-state index contributed by atoms with van der Waals surface area (Å²) >= 11 is 0. The van der Waals surface area contributed by atoms with Gasteiger partial charge in [-0.1, -0.05) is 12.1 Å². The molecule has 178 valence electrons. The van der Waals surface area contributed by atoms with Crippen molar-refractivity contribution in [2.75, 3.05) is 51.3 Å². The molecule has 0 radical (unpaired) electrons. The lowest BCUT2D eigenvalue weighted by molar-refractivity contribution is 0.0720. The lowest BCUT2D eigenvalue weighted by Crippen LogP contribution is -2.48. The Morgan fingerprint density at radius 3 is 2.27 bits per heavy atom. The zero-order valence-corrected chi connectivity index (χ0v) is 20.5. The number of rotatable bonds is 5. The number of aryl methyl sites for hydroxylation is 1. The van der Waals surface area contributed by atoms with Gasteiger partial charge in [0.1, 0.15) is 5.75 Å². The molecule has 2 saturated heterocycles. The number of carbonyl (C=O) groups excluding carboxylic acids is 1. The summed E-state index contributed by atoms with van der Waals surface area (Å²) in [5.41, 5.74) is 3.93. The van der Waals surface area contributed by atoms with Gasteiger partial charge in [0.15, 0.2) is 0 Å². The minimum absolute atomic E-state index is 0.142. The summed E-state index contributed by atoms with van der Waals surface area (Å²) in [6.07, 6.45) is 3.05. The zero-order valence-electron chi connectivity index (χ0n) is 19.7. The highest BCUT2D eigenvalue weighted by Gasteiger charge is 2.31. The van der Waals surface area contributed by atoms with Gasteiger partial charge < -0.3 is 14.5 Å². The Bertz CT molecular complexity index is 1120. The maximum atomic E-state index is 13.4. The van der Waals surface area contributed by atoms with Crippen LogP contribution in [0, 0.1) is 13.8 Å². The fraction of sp³-hybridized carbons (Fsp3) is 0.480. The smallest absolute Gasteiger partial charge is 0.257 e. The van der Waals surface area contributed by atoms with Crippen molar-refractivity contribution in [3.8, 4) is 5.75 Å². The van der Waals surface area contributed by atoms with Gasteiger partial charge in [0.05, 0.1) is 17.6 Å². The number of sulfonamides is 1. The third-order valence-electron chi connectivity index (χ3n) is 6.84. The first-order valence-corrected chi connectivity index (χ1v) is 13.1. The van der Waals surface area contributed by atoms with Crippen molar-refractivity contribution < 1.29 is 17.9 Å². The van der Waals surface area contributed by atoms with E-state index < -0.39 is 10.0 Å². The van der Waals surface area contributed by atoms with E-state index in [1.165, 1.54) is 34.7 Å². The number of hydrogen-bond donors (Lipinski definition) is 0. The minimum Gasteiger partial charge on any atom is -0.496 e. The van der Waals surface area contributed by atoms with Crippen molar-refractivity contribution in [3.05, 3.63) is 53.1 Å². The highest BCUT2D eigenvalue weighted by atomic mass is 32.2. The molecule has 4 rings (SSSR count). The van der Waals surface area contributed by atoms with E-state index >= 15 is 0 Å². The average molecular weight is 472 g/mol. The van der Waals surface area contributed by atoms with Crippen LogP contribution in [-0.4, -0.2) is 69.9 Å². The van der Waals surface area contributed by atoms with Crippen molar-refractivity contribution >= 4 is 21.6 Å². The van der Waals surface area contributed by atoms with Crippen LogP contribution < -0.4 is 9.64 Å². The number of nitrogens with zero attached hydrogens (tertiary/aromatic N) is 3. The quantitative estimate of drug-likeness (QED) is 0.668. The van der Waals surface area contributed by atoms with Gasteiger partial charge in [-0.15, -0.1) is 0 Å². The first kappa shape index (κ1) is 23.6. The summed E-state index contributed by atoms with van der Waals surface area (Å²) in [4.78, 5) is 17.3. The Hall–Kier alpha value is -2.58. The Morgan fingerprint density at radius 1 is 0.909 bits per heavy atom. The molecule has 0 bridgehead atoms. The Labute approximate surface area is 197 Å². The van der Waals surface area contributed by atoms with Crippen LogP contribution in [0.1, 0.15) is 40.7 Å². The van der Waals surface area contributed by atoms with Crippen molar-refractivity contribution in [2.24, 2.45) is 0 Å². The predicted octanol–water partition coefficient (Wildman–Crippen LogP) is 3.45. The number of likely N-dealkylation sites (tertiary alicyclic amines) is 1. The summed E-state index contributed by atoms with van der Waals surface area (Å²) in [7, 11) is -2.21. The maximum Gasteiger partial charge on any atom is 0.257 e. The fourth-order valence-electron chi connectivity index (χ4n) is 4.68. The number of hydrogen-bond acceptors (Lipinski definition) is 5. The molecule has 2 heterocycles. The van der Waals surface area contributed by atoms with E-state index in [1.54, 1.807) is 11.0 Å². The highest BCUT2D eigenvalue weighted by Crippen LogP contribution is 2.29. The lowest BCUT2D eigenvalue weighted by Gasteiger charge is -2.36. The predicted molar refractivity (Wildman–Crippen MR) is 130 cm³/mol. The molecule has 0 aromatic heterocycles. The molecule has 0 atom stereocenters. The number of piperazine rings is 1. The summed E-state index contributed by atoms with van der Waals surface area (Å²) in [5.74, 6) is 0.243. The molecule has 1 amide bonds. The summed E-state index contributed by atoms with van der Waals surface area (Å²) in [5, 5.41) is 0. The Kier molecular flexibility index (Phi) is 6.95. The maximum absolute atomic E-state index is 13.4. The van der Waals surface area contributed by atoms with E-state index in [-0.39, 0.29) is 10.8 Å². The molecule has 2 aromatic rings. The largest absolute Gasteiger partial charge is 0.496 e. The van der Waals surface area contributed by atoms with Crippen molar-refractivity contribution in [2.45, 2.75) is 38.0 Å². The molecular formula is C25H33N3O4S. The molecule has 0 N–H and O–H groups in total. The fourth-order valence-corrected chi connectivity index (χ4v) is 6.13. The van der Waals surface area contributed by atoms with Gasteiger partial charge in [0.25, 0.3) is 5.91 Å². The highest BCUT2D eigenvalue weighted by molar-refractivity contribution is 7.89. The third kappa shape index (κ3) is 4.73. The van der Waals surface area contributed by atoms with E-state index in [0.717, 1.165) is 24.9 Å². The van der Waals surface area contributed by atoms with Crippen LogP contribution in [0.25, 0.3) is 0 Å². The average Bonchev–Trinajstić information content (AvgIpc) is 2.85. The van der Waals surface area contributed by atoms with Crippen LogP contribution in [0.15, 0.2) is 41.3 Å². The molecule has 8 heteroatoms. The second kappa shape index (κ2) is 9.73. The molecule has 0 spiro atoms. The van der Waals surface area contributed by atoms with Gasteiger partial charge >= 0.3 is 0 Å². The van der Waals surface area contributed by atoms with Gasteiger partial charge in [-0.25, -0.2) is 8.42 Å². The van der Waals surface area contributed by atoms with Crippen LogP contribution in [-0.2, 0) is 10.0 Å². The summed E-state index contributed by atoms with van der Waals surface area (Å²) in [6.45, 7) is 7.63. The van der Waals surface area contributed by atoms with E-state index in [9.17, 15) is 13.2 Å². The normalized spacial score (nSPS) is 17.8. The SMILES string of the molecule is COc1ccc(S(=O)(=O)N2CCN(c3cccc(C)c3C)CC2)cc1C(=O)N1CCCCC1. The number of methoxy groups -OCH3 is 1. The van der Waals surface area contributed by atoms with E-state index in [0.29, 0.717) is 50.6 Å². The third-order valence-corrected chi connectivity index (χ3v) is 8.73. The molecule has 0 aliphatic carbocycles. The Balaban J connectivity index is 1.54. The second-order valence-corrected chi connectivity index (χ2v) is 10.8. The number of carbonyl (C=O) groups is 1. The van der Waals surface area contributed by atoms with Crippen LogP contribution in [0.2, 0.25) is 0 Å². The van der Waals surface area contributed by atoms with Gasteiger partial charge in [-0.2, -0.15) is 4.31 Å². The van der Waals surface area contributed by atoms with Crippen molar-refractivity contribution in [3.63, 3.8) is 0 Å². The number of amides is 1. The van der Waals surface area contributed by atoms with Gasteiger partial charge in [0.2, 0.25) is 10.0 Å². The van der Waals surface area contributed by atoms with Gasteiger partial charge in [-0.3, -0.25) is 4.79 Å². The molecule has 33 heavy (non-hydrogen) atoms. The molecular weight excluding hydrogens is 438 g/mol. The minimum atomic E-state index is -3.72. The first-order valence-electron chi connectivity index (χ1n) is 11.6. The van der Waals surface area contributed by atoms with Crippen LogP contribution in [0.4, 0.5) is 5.69 Å². The lowest BCUT2D eigenvalue weighted by atomic mass is 10.1. The number of ether oxygens (including phenoxy) is 1. The molecule has 2 fully saturated rings. The number of anilines is 1. The van der Waals surface area contributed by atoms with Crippen molar-refractivity contribution in [1.82, 2.24) is 9.21 Å². The van der Waals surface area contributed by atoms with E-state index in [2.05, 4.69) is 30.9 Å². The van der Waals surface area contributed by atoms with E-state index in [1.807, 2.05) is 6.07 Å². The van der Waals surface area contributed by atoms with Crippen LogP contribution in [0.5, 0.6) is 5.75 Å². The van der Waals surface area contributed by atoms with Crippen LogP contribution in [0.3, 0.4) is 0 Å². The molecule has 0 saturated carbocycles. The first-order chi connectivity index (χ1) is 15.8. The summed E-state index contributed by atoms with van der Waals surface area (Å²) < 4.78 is 33.8. The molecule has 2 aliphatic heterocycles. The molecule has 7 nitrogen and oxygen atoms in total. The van der Waals surface area contributed by atoms with Crippen molar-refractivity contribution in [1.29, 1.82) is 0 Å². The Morgan fingerprint density at radius 2 is 1.61 bits per heavy atom. The second-order valence-electron chi connectivity index (χ2n) is 8.83. The molecule has 2 aromatic carbocycles. The van der Waals surface area contributed by atoms with Gasteiger partial charge in [-0.05, 0) is 68.5 Å². The van der Waals surface area contributed by atoms with E-state index in [4.69, 9.17) is 4.74 Å². The number of piperidine rings is 1. The van der Waals surface area contributed by atoms with Gasteiger partial charge in [0, 0.05) is 45.0 Å². The zero-order chi connectivity index (χ0) is 23.6.